The minimum absolute atomic E-state index is 0.752. The third kappa shape index (κ3) is 1.55. The molecule has 4 heteroatoms. The number of carbonyl (C=O) groups is 1. The van der Waals surface area contributed by atoms with Crippen molar-refractivity contribution in [2.24, 2.45) is 0 Å². The van der Waals surface area contributed by atoms with Crippen molar-refractivity contribution in [1.82, 2.24) is 0 Å². The summed E-state index contributed by atoms with van der Waals surface area (Å²) in [5.74, 6) is 0. The van der Waals surface area contributed by atoms with Gasteiger partial charge in [-0.2, -0.15) is 0 Å². The van der Waals surface area contributed by atoms with Crippen molar-refractivity contribution in [2.45, 2.75) is 5.33 Å². The van der Waals surface area contributed by atoms with Crippen molar-refractivity contribution < 1.29 is 4.79 Å². The molecule has 0 aliphatic carbocycles. The van der Waals surface area contributed by atoms with Crippen molar-refractivity contribution in [3.8, 4) is 0 Å². The van der Waals surface area contributed by atoms with Crippen LogP contribution in [0.25, 0.3) is 10.1 Å². The Hall–Kier alpha value is -0.190. The van der Waals surface area contributed by atoms with E-state index in [4.69, 9.17) is 0 Å². The molecular weight excluding hydrogens is 328 g/mol. The van der Waals surface area contributed by atoms with E-state index in [2.05, 4.69) is 31.9 Å². The van der Waals surface area contributed by atoms with E-state index in [1.165, 1.54) is 0 Å². The number of alkyl halides is 1. The molecule has 0 fully saturated rings. The van der Waals surface area contributed by atoms with E-state index in [0.29, 0.717) is 0 Å². The number of fused-ring (bicyclic) bond motifs is 1. The predicted molar refractivity (Wildman–Crippen MR) is 67.5 cm³/mol. The van der Waals surface area contributed by atoms with Gasteiger partial charge in [-0.1, -0.05) is 31.9 Å². The van der Waals surface area contributed by atoms with Crippen LogP contribution in [0, 0.1) is 0 Å². The second-order valence-electron chi connectivity index (χ2n) is 2.84. The lowest BCUT2D eigenvalue weighted by molar-refractivity contribution is 0.112. The zero-order chi connectivity index (χ0) is 10.1. The monoisotopic (exact) mass is 332 g/mol. The smallest absolute Gasteiger partial charge is 0.151 e. The Morgan fingerprint density at radius 2 is 2.21 bits per heavy atom. The number of rotatable bonds is 2. The summed E-state index contributed by atoms with van der Waals surface area (Å²) in [5.41, 5.74) is 1.92. The third-order valence-electron chi connectivity index (χ3n) is 2.08. The first-order valence-corrected chi connectivity index (χ1v) is 6.77. The van der Waals surface area contributed by atoms with Gasteiger partial charge >= 0.3 is 0 Å². The lowest BCUT2D eigenvalue weighted by Gasteiger charge is -2.02. The van der Waals surface area contributed by atoms with Gasteiger partial charge in [-0.3, -0.25) is 4.79 Å². The van der Waals surface area contributed by atoms with Crippen LogP contribution in [0.1, 0.15) is 15.9 Å². The maximum Gasteiger partial charge on any atom is 0.151 e. The van der Waals surface area contributed by atoms with E-state index < -0.39 is 0 Å². The summed E-state index contributed by atoms with van der Waals surface area (Å²) >= 11 is 8.52. The number of halogens is 2. The summed E-state index contributed by atoms with van der Waals surface area (Å²) in [5, 5.41) is 3.72. The Labute approximate surface area is 102 Å². The minimum Gasteiger partial charge on any atom is -0.298 e. The maximum absolute atomic E-state index is 10.8. The first-order valence-electron chi connectivity index (χ1n) is 3.97. The summed E-state index contributed by atoms with van der Waals surface area (Å²) < 4.78 is 2.20. The highest BCUT2D eigenvalue weighted by molar-refractivity contribution is 9.10. The Balaban J connectivity index is 2.88. The maximum atomic E-state index is 10.8. The molecule has 0 saturated carbocycles. The second kappa shape index (κ2) is 4.13. The van der Waals surface area contributed by atoms with Crippen LogP contribution < -0.4 is 0 Å². The summed E-state index contributed by atoms with van der Waals surface area (Å²) in [4.78, 5) is 10.8. The molecule has 1 aromatic carbocycles. The van der Waals surface area contributed by atoms with Crippen LogP contribution in [0.4, 0.5) is 0 Å². The highest BCUT2D eigenvalue weighted by atomic mass is 79.9. The van der Waals surface area contributed by atoms with E-state index in [0.717, 1.165) is 37.3 Å². The summed E-state index contributed by atoms with van der Waals surface area (Å²) in [6.45, 7) is 0. The van der Waals surface area contributed by atoms with Crippen LogP contribution in [0.5, 0.6) is 0 Å². The quantitative estimate of drug-likeness (QED) is 0.589. The zero-order valence-electron chi connectivity index (χ0n) is 7.09. The van der Waals surface area contributed by atoms with E-state index in [9.17, 15) is 4.79 Å². The number of aldehydes is 1. The summed E-state index contributed by atoms with van der Waals surface area (Å²) in [6, 6.07) is 4.05. The topological polar surface area (TPSA) is 17.1 Å². The first-order chi connectivity index (χ1) is 6.77. The van der Waals surface area contributed by atoms with Gasteiger partial charge in [0.05, 0.1) is 0 Å². The van der Waals surface area contributed by atoms with Gasteiger partial charge in [-0.25, -0.2) is 0 Å². The molecule has 0 aliphatic heterocycles. The summed E-state index contributed by atoms with van der Waals surface area (Å²) in [7, 11) is 0. The van der Waals surface area contributed by atoms with Crippen LogP contribution in [-0.2, 0) is 5.33 Å². The van der Waals surface area contributed by atoms with Gasteiger partial charge in [0.2, 0.25) is 0 Å². The molecule has 1 nitrogen and oxygen atoms in total. The van der Waals surface area contributed by atoms with Crippen molar-refractivity contribution in [1.29, 1.82) is 0 Å². The molecule has 0 unspecified atom stereocenters. The fourth-order valence-corrected chi connectivity index (χ4v) is 3.78. The molecule has 0 N–H and O–H groups in total. The normalized spacial score (nSPS) is 10.7. The highest BCUT2D eigenvalue weighted by Crippen LogP contribution is 2.33. The van der Waals surface area contributed by atoms with Gasteiger partial charge in [0.1, 0.15) is 0 Å². The SMILES string of the molecule is O=Cc1csc2ccc(Br)c(CBr)c12. The Kier molecular flexibility index (Phi) is 3.04. The van der Waals surface area contributed by atoms with Crippen molar-refractivity contribution in [3.05, 3.63) is 33.1 Å². The van der Waals surface area contributed by atoms with E-state index >= 15 is 0 Å². The molecular formula is C10H6Br2OS. The number of hydrogen-bond donors (Lipinski definition) is 0. The Morgan fingerprint density at radius 3 is 2.86 bits per heavy atom. The van der Waals surface area contributed by atoms with Gasteiger partial charge in [0.25, 0.3) is 0 Å². The van der Waals surface area contributed by atoms with Gasteiger partial charge in [0, 0.05) is 30.8 Å². The Morgan fingerprint density at radius 1 is 1.43 bits per heavy atom. The van der Waals surface area contributed by atoms with Crippen LogP contribution in [0.3, 0.4) is 0 Å². The molecule has 0 aliphatic rings. The fourth-order valence-electron chi connectivity index (χ4n) is 1.42. The van der Waals surface area contributed by atoms with Crippen LogP contribution in [-0.4, -0.2) is 6.29 Å². The standard InChI is InChI=1S/C10H6Br2OS/c11-3-7-8(12)1-2-9-10(7)6(4-13)5-14-9/h1-2,4-5H,3H2. The van der Waals surface area contributed by atoms with Gasteiger partial charge in [-0.15, -0.1) is 11.3 Å². The van der Waals surface area contributed by atoms with E-state index in [-0.39, 0.29) is 0 Å². The number of hydrogen-bond acceptors (Lipinski definition) is 2. The van der Waals surface area contributed by atoms with Crippen LogP contribution in [0.2, 0.25) is 0 Å². The third-order valence-corrected chi connectivity index (χ3v) is 4.35. The molecule has 1 heterocycles. The molecule has 2 aromatic rings. The molecule has 14 heavy (non-hydrogen) atoms. The highest BCUT2D eigenvalue weighted by Gasteiger charge is 2.10. The number of benzene rings is 1. The van der Waals surface area contributed by atoms with E-state index in [1.54, 1.807) is 11.3 Å². The molecule has 0 saturated heterocycles. The molecule has 72 valence electrons. The molecule has 0 bridgehead atoms. The van der Waals surface area contributed by atoms with Gasteiger partial charge in [0.15, 0.2) is 6.29 Å². The molecule has 2 rings (SSSR count). The van der Waals surface area contributed by atoms with Crippen molar-refractivity contribution in [3.63, 3.8) is 0 Å². The molecule has 0 spiro atoms. The second-order valence-corrected chi connectivity index (χ2v) is 5.17. The average Bonchev–Trinajstić information content (AvgIpc) is 2.61. The average molecular weight is 334 g/mol. The Bertz CT molecular complexity index is 490. The van der Waals surface area contributed by atoms with Crippen LogP contribution in [0.15, 0.2) is 22.0 Å². The first kappa shape index (κ1) is 10.3. The van der Waals surface area contributed by atoms with Crippen molar-refractivity contribution in [2.75, 3.05) is 0 Å². The fraction of sp³-hybridized carbons (Fsp3) is 0.100. The van der Waals surface area contributed by atoms with Crippen molar-refractivity contribution >= 4 is 59.6 Å². The number of carbonyl (C=O) groups excluding carboxylic acids is 1. The molecule has 0 amide bonds. The predicted octanol–water partition coefficient (Wildman–Crippen LogP) is 4.37. The molecule has 1 aromatic heterocycles. The lowest BCUT2D eigenvalue weighted by Crippen LogP contribution is -1.85. The van der Waals surface area contributed by atoms with Gasteiger partial charge < -0.3 is 0 Å². The largest absolute Gasteiger partial charge is 0.298 e. The molecule has 0 radical (unpaired) electrons. The summed E-state index contributed by atoms with van der Waals surface area (Å²) in [6.07, 6.45) is 0.914. The number of thiophene rings is 1. The lowest BCUT2D eigenvalue weighted by atomic mass is 10.1. The van der Waals surface area contributed by atoms with Crippen LogP contribution >= 0.6 is 43.2 Å². The van der Waals surface area contributed by atoms with E-state index in [1.807, 2.05) is 17.5 Å². The molecule has 0 atom stereocenters. The zero-order valence-corrected chi connectivity index (χ0v) is 11.1. The van der Waals surface area contributed by atoms with Gasteiger partial charge in [-0.05, 0) is 17.7 Å². The minimum atomic E-state index is 0.752.